The molecule has 0 heterocycles. The topological polar surface area (TPSA) is 29.1 Å². The van der Waals surface area contributed by atoms with Crippen molar-refractivity contribution in [2.24, 2.45) is 0 Å². The van der Waals surface area contributed by atoms with E-state index in [1.54, 1.807) is 24.3 Å². The zero-order valence-corrected chi connectivity index (χ0v) is 12.4. The van der Waals surface area contributed by atoms with Crippen molar-refractivity contribution >= 4 is 23.2 Å². The first-order valence-corrected chi connectivity index (χ1v) is 7.23. The molecule has 3 rings (SSSR count). The van der Waals surface area contributed by atoms with Crippen molar-refractivity contribution in [2.75, 3.05) is 5.32 Å². The average molecular weight is 304 g/mol. The van der Waals surface area contributed by atoms with Gasteiger partial charge >= 0.3 is 0 Å². The van der Waals surface area contributed by atoms with E-state index in [4.69, 9.17) is 11.6 Å². The van der Waals surface area contributed by atoms with Gasteiger partial charge in [-0.2, -0.15) is 0 Å². The lowest BCUT2D eigenvalue weighted by Gasteiger charge is -2.16. The number of hydrogen-bond acceptors (Lipinski definition) is 1. The number of anilines is 1. The molecule has 0 saturated heterocycles. The summed E-state index contributed by atoms with van der Waals surface area (Å²) in [6, 6.07) is 12.0. The van der Waals surface area contributed by atoms with Gasteiger partial charge in [0.25, 0.3) is 0 Å². The molecular formula is C17H15ClFNO. The third-order valence-electron chi connectivity index (χ3n) is 3.95. The molecule has 0 unspecified atom stereocenters. The van der Waals surface area contributed by atoms with Crippen LogP contribution in [-0.4, -0.2) is 5.91 Å². The Labute approximate surface area is 127 Å². The molecule has 0 spiro atoms. The smallest absolute Gasteiger partial charge is 0.235 e. The van der Waals surface area contributed by atoms with Gasteiger partial charge in [0.15, 0.2) is 0 Å². The van der Waals surface area contributed by atoms with Crippen LogP contribution in [0.1, 0.15) is 24.0 Å². The van der Waals surface area contributed by atoms with Gasteiger partial charge in [0.05, 0.1) is 11.1 Å². The van der Waals surface area contributed by atoms with E-state index in [2.05, 4.69) is 5.32 Å². The highest BCUT2D eigenvalue weighted by molar-refractivity contribution is 6.30. The monoisotopic (exact) mass is 303 g/mol. The molecule has 21 heavy (non-hydrogen) atoms. The second kappa shape index (κ2) is 5.15. The predicted molar refractivity (Wildman–Crippen MR) is 82.1 cm³/mol. The first-order valence-electron chi connectivity index (χ1n) is 6.85. The number of rotatable bonds is 3. The molecule has 1 fully saturated rings. The van der Waals surface area contributed by atoms with Gasteiger partial charge in [0.1, 0.15) is 5.82 Å². The Kier molecular flexibility index (Phi) is 3.46. The molecule has 2 nitrogen and oxygen atoms in total. The summed E-state index contributed by atoms with van der Waals surface area (Å²) in [4.78, 5) is 12.5. The summed E-state index contributed by atoms with van der Waals surface area (Å²) in [6.07, 6.45) is 1.54. The van der Waals surface area contributed by atoms with Gasteiger partial charge in [-0.15, -0.1) is 0 Å². The Balaban J connectivity index is 1.85. The minimum absolute atomic E-state index is 0.158. The lowest BCUT2D eigenvalue weighted by molar-refractivity contribution is -0.118. The molecular weight excluding hydrogens is 289 g/mol. The quantitative estimate of drug-likeness (QED) is 0.891. The van der Waals surface area contributed by atoms with Crippen molar-refractivity contribution in [1.29, 1.82) is 0 Å². The number of halogens is 2. The van der Waals surface area contributed by atoms with Crippen LogP contribution in [0.2, 0.25) is 5.02 Å². The lowest BCUT2D eigenvalue weighted by Crippen LogP contribution is -2.28. The third-order valence-corrected chi connectivity index (χ3v) is 4.20. The van der Waals surface area contributed by atoms with Crippen LogP contribution in [0.5, 0.6) is 0 Å². The van der Waals surface area contributed by atoms with E-state index >= 15 is 0 Å². The van der Waals surface area contributed by atoms with Crippen molar-refractivity contribution in [2.45, 2.75) is 25.2 Å². The van der Waals surface area contributed by atoms with Gasteiger partial charge in [-0.25, -0.2) is 4.39 Å². The fourth-order valence-corrected chi connectivity index (χ4v) is 2.64. The maximum absolute atomic E-state index is 13.8. The van der Waals surface area contributed by atoms with Crippen LogP contribution in [0.15, 0.2) is 42.5 Å². The zero-order chi connectivity index (χ0) is 15.0. The second-order valence-electron chi connectivity index (χ2n) is 5.53. The van der Waals surface area contributed by atoms with E-state index in [0.29, 0.717) is 5.02 Å². The normalized spacial score (nSPS) is 15.6. The number of amides is 1. The highest BCUT2D eigenvalue weighted by Crippen LogP contribution is 2.49. The molecule has 0 radical (unpaired) electrons. The molecule has 1 aliphatic carbocycles. The SMILES string of the molecule is Cc1ccc(F)c(NC(=O)C2(c3ccc(Cl)cc3)CC2)c1. The molecule has 1 N–H and O–H groups in total. The van der Waals surface area contributed by atoms with Crippen molar-refractivity contribution in [3.63, 3.8) is 0 Å². The van der Waals surface area contributed by atoms with Gasteiger partial charge in [-0.05, 0) is 55.2 Å². The minimum atomic E-state index is -0.541. The number of hydrogen-bond donors (Lipinski definition) is 1. The summed E-state index contributed by atoms with van der Waals surface area (Å²) >= 11 is 5.88. The van der Waals surface area contributed by atoms with Crippen molar-refractivity contribution in [3.05, 3.63) is 64.4 Å². The summed E-state index contributed by atoms with van der Waals surface area (Å²) in [7, 11) is 0. The third kappa shape index (κ3) is 2.66. The molecule has 0 bridgehead atoms. The number of nitrogens with one attached hydrogen (secondary N) is 1. The van der Waals surface area contributed by atoms with Gasteiger partial charge in [-0.3, -0.25) is 4.79 Å². The Bertz CT molecular complexity index is 692. The second-order valence-corrected chi connectivity index (χ2v) is 5.96. The Morgan fingerprint density at radius 2 is 1.86 bits per heavy atom. The van der Waals surface area contributed by atoms with Crippen LogP contribution < -0.4 is 5.32 Å². The largest absolute Gasteiger partial charge is 0.323 e. The molecule has 1 aliphatic rings. The summed E-state index contributed by atoms with van der Waals surface area (Å²) in [5.41, 5.74) is 1.53. The van der Waals surface area contributed by atoms with E-state index in [0.717, 1.165) is 24.0 Å². The van der Waals surface area contributed by atoms with Crippen molar-refractivity contribution in [3.8, 4) is 0 Å². The first kappa shape index (κ1) is 14.1. The number of benzene rings is 2. The Morgan fingerprint density at radius 1 is 1.19 bits per heavy atom. The van der Waals surface area contributed by atoms with Crippen LogP contribution in [0.3, 0.4) is 0 Å². The van der Waals surface area contributed by atoms with Gasteiger partial charge < -0.3 is 5.32 Å². The zero-order valence-electron chi connectivity index (χ0n) is 11.6. The van der Waals surface area contributed by atoms with Gasteiger partial charge in [-0.1, -0.05) is 29.8 Å². The fraction of sp³-hybridized carbons (Fsp3) is 0.235. The fourth-order valence-electron chi connectivity index (χ4n) is 2.52. The molecule has 2 aromatic carbocycles. The minimum Gasteiger partial charge on any atom is -0.323 e. The van der Waals surface area contributed by atoms with Crippen molar-refractivity contribution in [1.82, 2.24) is 0 Å². The van der Waals surface area contributed by atoms with Crippen LogP contribution in [0, 0.1) is 12.7 Å². The van der Waals surface area contributed by atoms with Gasteiger partial charge in [0, 0.05) is 5.02 Å². The summed E-state index contributed by atoms with van der Waals surface area (Å²) in [5, 5.41) is 3.36. The van der Waals surface area contributed by atoms with Crippen molar-refractivity contribution < 1.29 is 9.18 Å². The molecule has 108 valence electrons. The standard InChI is InChI=1S/C17H15ClFNO/c1-11-2-7-14(19)15(10-11)20-16(21)17(8-9-17)12-3-5-13(18)6-4-12/h2-7,10H,8-9H2,1H3,(H,20,21). The number of carbonyl (C=O) groups is 1. The molecule has 1 amide bonds. The van der Waals surface area contributed by atoms with E-state index in [1.165, 1.54) is 6.07 Å². The number of aryl methyl sites for hydroxylation is 1. The summed E-state index contributed by atoms with van der Waals surface area (Å²) in [6.45, 7) is 1.86. The average Bonchev–Trinajstić information content (AvgIpc) is 3.25. The molecule has 4 heteroatoms. The number of carbonyl (C=O) groups excluding carboxylic acids is 1. The van der Waals surface area contributed by atoms with E-state index in [9.17, 15) is 9.18 Å². The van der Waals surface area contributed by atoms with Crippen LogP contribution in [0.4, 0.5) is 10.1 Å². The molecule has 2 aromatic rings. The van der Waals surface area contributed by atoms with Crippen LogP contribution in [0.25, 0.3) is 0 Å². The van der Waals surface area contributed by atoms with E-state index in [-0.39, 0.29) is 11.6 Å². The highest BCUT2D eigenvalue weighted by Gasteiger charge is 2.51. The van der Waals surface area contributed by atoms with Crippen LogP contribution in [-0.2, 0) is 10.2 Å². The predicted octanol–water partition coefficient (Wildman–Crippen LogP) is 4.46. The maximum Gasteiger partial charge on any atom is 0.235 e. The van der Waals surface area contributed by atoms with E-state index < -0.39 is 11.2 Å². The molecule has 0 aromatic heterocycles. The lowest BCUT2D eigenvalue weighted by atomic mass is 9.95. The highest BCUT2D eigenvalue weighted by atomic mass is 35.5. The van der Waals surface area contributed by atoms with Crippen LogP contribution >= 0.6 is 11.6 Å². The molecule has 0 aliphatic heterocycles. The Morgan fingerprint density at radius 3 is 2.48 bits per heavy atom. The van der Waals surface area contributed by atoms with E-state index in [1.807, 2.05) is 19.1 Å². The van der Waals surface area contributed by atoms with Gasteiger partial charge in [0.2, 0.25) is 5.91 Å². The molecule has 1 saturated carbocycles. The maximum atomic E-state index is 13.8. The summed E-state index contributed by atoms with van der Waals surface area (Å²) in [5.74, 6) is -0.574. The molecule has 0 atom stereocenters. The first-order chi connectivity index (χ1) is 10.0. The Hall–Kier alpha value is -1.87. The summed E-state index contributed by atoms with van der Waals surface area (Å²) < 4.78 is 13.8.